The number of amides is 1. The van der Waals surface area contributed by atoms with Gasteiger partial charge in [-0.15, -0.1) is 0 Å². The van der Waals surface area contributed by atoms with Crippen LogP contribution in [0.1, 0.15) is 62.4 Å². The van der Waals surface area contributed by atoms with E-state index < -0.39 is 0 Å². The van der Waals surface area contributed by atoms with Gasteiger partial charge >= 0.3 is 0 Å². The minimum absolute atomic E-state index is 0.00169. The van der Waals surface area contributed by atoms with E-state index >= 15 is 0 Å². The van der Waals surface area contributed by atoms with Crippen LogP contribution in [0.4, 0.5) is 0 Å². The second-order valence-corrected chi connectivity index (χ2v) is 7.78. The number of carbonyl (C=O) groups is 1. The first kappa shape index (κ1) is 22.2. The Labute approximate surface area is 170 Å². The van der Waals surface area contributed by atoms with Crippen LogP contribution >= 0.6 is 0 Å². The van der Waals surface area contributed by atoms with Crippen molar-refractivity contribution in [3.63, 3.8) is 0 Å². The summed E-state index contributed by atoms with van der Waals surface area (Å²) < 4.78 is 0. The maximum absolute atomic E-state index is 12.1. The molecule has 6 heteroatoms. The van der Waals surface area contributed by atoms with Crippen LogP contribution in [0.5, 0.6) is 0 Å². The monoisotopic (exact) mass is 387 g/mol. The van der Waals surface area contributed by atoms with Gasteiger partial charge < -0.3 is 20.9 Å². The Morgan fingerprint density at radius 1 is 1.18 bits per heavy atom. The van der Waals surface area contributed by atoms with Crippen LogP contribution in [-0.4, -0.2) is 55.5 Å². The number of unbranched alkanes of at least 4 members (excludes halogenated alkanes) is 1. The van der Waals surface area contributed by atoms with Gasteiger partial charge in [0.1, 0.15) is 0 Å². The Hall–Kier alpha value is -2.08. The number of aliphatic imine (C=N–C) groups is 1. The van der Waals surface area contributed by atoms with Crippen molar-refractivity contribution < 1.29 is 4.79 Å². The van der Waals surface area contributed by atoms with Crippen LogP contribution in [0.2, 0.25) is 0 Å². The summed E-state index contributed by atoms with van der Waals surface area (Å²) in [6, 6.07) is 8.85. The van der Waals surface area contributed by atoms with E-state index in [9.17, 15) is 4.79 Å². The van der Waals surface area contributed by atoms with Gasteiger partial charge in [-0.25, -0.2) is 0 Å². The van der Waals surface area contributed by atoms with Gasteiger partial charge in [-0.2, -0.15) is 0 Å². The van der Waals surface area contributed by atoms with E-state index in [2.05, 4.69) is 46.6 Å². The van der Waals surface area contributed by atoms with Crippen LogP contribution < -0.4 is 16.0 Å². The number of hydrogen-bond acceptors (Lipinski definition) is 3. The quantitative estimate of drug-likeness (QED) is 0.364. The Kier molecular flexibility index (Phi) is 9.28. The predicted molar refractivity (Wildman–Crippen MR) is 117 cm³/mol. The summed E-state index contributed by atoms with van der Waals surface area (Å²) in [7, 11) is 1.81. The van der Waals surface area contributed by atoms with Crippen molar-refractivity contribution in [2.24, 2.45) is 4.99 Å². The average Bonchev–Trinajstić information content (AvgIpc) is 2.72. The lowest BCUT2D eigenvalue weighted by molar-refractivity contribution is 0.0953. The molecule has 0 spiro atoms. The molecule has 1 fully saturated rings. The van der Waals surface area contributed by atoms with Gasteiger partial charge in [0.25, 0.3) is 5.91 Å². The van der Waals surface area contributed by atoms with Crippen molar-refractivity contribution in [3.05, 3.63) is 35.4 Å². The molecule has 6 nitrogen and oxygen atoms in total. The molecule has 1 aromatic rings. The molecule has 0 atom stereocenters. The molecule has 1 aliphatic rings. The predicted octanol–water partition coefficient (Wildman–Crippen LogP) is 2.75. The number of benzene rings is 1. The maximum Gasteiger partial charge on any atom is 0.251 e. The summed E-state index contributed by atoms with van der Waals surface area (Å²) >= 11 is 0. The highest BCUT2D eigenvalue weighted by atomic mass is 16.1. The summed E-state index contributed by atoms with van der Waals surface area (Å²) in [6.45, 7) is 10.3. The molecule has 28 heavy (non-hydrogen) atoms. The van der Waals surface area contributed by atoms with Gasteiger partial charge in [0.2, 0.25) is 0 Å². The van der Waals surface area contributed by atoms with Gasteiger partial charge in [0, 0.05) is 50.9 Å². The molecule has 0 radical (unpaired) electrons. The fourth-order valence-electron chi connectivity index (χ4n) is 3.39. The largest absolute Gasteiger partial charge is 0.354 e. The van der Waals surface area contributed by atoms with Gasteiger partial charge in [0.05, 0.1) is 0 Å². The zero-order chi connectivity index (χ0) is 20.4. The Morgan fingerprint density at radius 3 is 2.43 bits per heavy atom. The van der Waals surface area contributed by atoms with Crippen molar-refractivity contribution in [3.8, 4) is 0 Å². The highest BCUT2D eigenvalue weighted by Gasteiger charge is 2.21. The normalized spacial score (nSPS) is 16.2. The number of guanidine groups is 1. The van der Waals surface area contributed by atoms with E-state index in [0.717, 1.165) is 56.8 Å². The van der Waals surface area contributed by atoms with Gasteiger partial charge in [-0.1, -0.05) is 25.5 Å². The van der Waals surface area contributed by atoms with Crippen molar-refractivity contribution in [2.45, 2.75) is 65.1 Å². The Balaban J connectivity index is 1.76. The maximum atomic E-state index is 12.1. The van der Waals surface area contributed by atoms with Crippen molar-refractivity contribution >= 4 is 11.9 Å². The minimum Gasteiger partial charge on any atom is -0.354 e. The fourth-order valence-corrected chi connectivity index (χ4v) is 3.39. The second-order valence-electron chi connectivity index (χ2n) is 7.78. The molecule has 3 N–H and O–H groups in total. The molecule has 1 amide bonds. The van der Waals surface area contributed by atoms with E-state index in [4.69, 9.17) is 0 Å². The number of likely N-dealkylation sites (tertiary alicyclic amines) is 1. The molecule has 1 saturated heterocycles. The zero-order valence-corrected chi connectivity index (χ0v) is 17.9. The summed E-state index contributed by atoms with van der Waals surface area (Å²) in [4.78, 5) is 18.9. The van der Waals surface area contributed by atoms with Gasteiger partial charge in [-0.05, 0) is 50.8 Å². The average molecular weight is 388 g/mol. The molecule has 0 aromatic heterocycles. The Bertz CT molecular complexity index is 618. The van der Waals surface area contributed by atoms with Gasteiger partial charge in [-0.3, -0.25) is 9.79 Å². The standard InChI is InChI=1S/C22H37N5O/c1-5-6-13-24-21(28)19-9-7-18(8-10-19)16-25-22(23-4)26-20-11-14-27(15-12-20)17(2)3/h7-10,17,20H,5-6,11-16H2,1-4H3,(H,24,28)(H2,23,25,26). The van der Waals surface area contributed by atoms with Crippen molar-refractivity contribution in [1.29, 1.82) is 0 Å². The first-order chi connectivity index (χ1) is 13.5. The molecular formula is C22H37N5O. The third-order valence-corrected chi connectivity index (χ3v) is 5.32. The lowest BCUT2D eigenvalue weighted by atomic mass is 10.0. The van der Waals surface area contributed by atoms with Gasteiger partial charge in [0.15, 0.2) is 5.96 Å². The lowest BCUT2D eigenvalue weighted by Crippen LogP contribution is -2.49. The van der Waals surface area contributed by atoms with Crippen LogP contribution in [0.25, 0.3) is 0 Å². The second kappa shape index (κ2) is 11.7. The molecule has 2 rings (SSSR count). The van der Waals surface area contributed by atoms with E-state index in [0.29, 0.717) is 24.2 Å². The first-order valence-corrected chi connectivity index (χ1v) is 10.6. The van der Waals surface area contributed by atoms with E-state index in [1.54, 1.807) is 0 Å². The molecule has 1 aliphatic heterocycles. The zero-order valence-electron chi connectivity index (χ0n) is 17.9. The highest BCUT2D eigenvalue weighted by molar-refractivity contribution is 5.94. The first-order valence-electron chi connectivity index (χ1n) is 10.6. The highest BCUT2D eigenvalue weighted by Crippen LogP contribution is 2.13. The van der Waals surface area contributed by atoms with E-state index in [1.807, 2.05) is 31.3 Å². The van der Waals surface area contributed by atoms with Crippen LogP contribution in [0.15, 0.2) is 29.3 Å². The SMILES string of the molecule is CCCCNC(=O)c1ccc(CNC(=NC)NC2CCN(C(C)C)CC2)cc1. The van der Waals surface area contributed by atoms with Crippen LogP contribution in [-0.2, 0) is 6.54 Å². The fraction of sp³-hybridized carbons (Fsp3) is 0.636. The molecule has 0 bridgehead atoms. The summed E-state index contributed by atoms with van der Waals surface area (Å²) in [5.41, 5.74) is 1.84. The third kappa shape index (κ3) is 7.15. The molecular weight excluding hydrogens is 350 g/mol. The topological polar surface area (TPSA) is 68.8 Å². The summed E-state index contributed by atoms with van der Waals surface area (Å²) in [6.07, 6.45) is 4.37. The molecule has 156 valence electrons. The molecule has 0 saturated carbocycles. The third-order valence-electron chi connectivity index (χ3n) is 5.32. The summed E-state index contributed by atoms with van der Waals surface area (Å²) in [5.74, 6) is 0.836. The molecule has 0 aliphatic carbocycles. The number of nitrogens with one attached hydrogen (secondary N) is 3. The molecule has 1 heterocycles. The number of hydrogen-bond donors (Lipinski definition) is 3. The van der Waals surface area contributed by atoms with E-state index in [1.165, 1.54) is 0 Å². The van der Waals surface area contributed by atoms with Crippen LogP contribution in [0, 0.1) is 0 Å². The lowest BCUT2D eigenvalue weighted by Gasteiger charge is -2.35. The molecule has 1 aromatic carbocycles. The summed E-state index contributed by atoms with van der Waals surface area (Å²) in [5, 5.41) is 9.87. The molecule has 0 unspecified atom stereocenters. The van der Waals surface area contributed by atoms with Crippen molar-refractivity contribution in [1.82, 2.24) is 20.9 Å². The smallest absolute Gasteiger partial charge is 0.251 e. The van der Waals surface area contributed by atoms with E-state index in [-0.39, 0.29) is 5.91 Å². The number of rotatable bonds is 8. The van der Waals surface area contributed by atoms with Crippen LogP contribution in [0.3, 0.4) is 0 Å². The number of piperidine rings is 1. The minimum atomic E-state index is -0.00169. The van der Waals surface area contributed by atoms with Crippen molar-refractivity contribution in [2.75, 3.05) is 26.7 Å². The Morgan fingerprint density at radius 2 is 1.86 bits per heavy atom. The number of carbonyl (C=O) groups excluding carboxylic acids is 1. The number of nitrogens with zero attached hydrogens (tertiary/aromatic N) is 2.